The van der Waals surface area contributed by atoms with Gasteiger partial charge in [-0.05, 0) is 38.8 Å². The van der Waals surface area contributed by atoms with E-state index in [9.17, 15) is 5.11 Å². The summed E-state index contributed by atoms with van der Waals surface area (Å²) < 4.78 is 0. The molecule has 0 saturated carbocycles. The Bertz CT molecular complexity index is 381. The Hall–Kier alpha value is -1.13. The Labute approximate surface area is 109 Å². The lowest BCUT2D eigenvalue weighted by Crippen LogP contribution is -2.24. The Morgan fingerprint density at radius 1 is 1.61 bits per heavy atom. The molecule has 0 spiro atoms. The highest BCUT2D eigenvalue weighted by atomic mass is 16.3. The summed E-state index contributed by atoms with van der Waals surface area (Å²) in [6.45, 7) is 7.83. The summed E-state index contributed by atoms with van der Waals surface area (Å²) in [5.41, 5.74) is 1.24. The van der Waals surface area contributed by atoms with Gasteiger partial charge in [0.1, 0.15) is 5.82 Å². The van der Waals surface area contributed by atoms with E-state index in [0.29, 0.717) is 5.92 Å². The quantitative estimate of drug-likeness (QED) is 0.834. The monoisotopic (exact) mass is 249 g/mol. The highest BCUT2D eigenvalue weighted by Crippen LogP contribution is 2.23. The van der Waals surface area contributed by atoms with E-state index in [1.807, 2.05) is 19.2 Å². The molecule has 0 aromatic carbocycles. The van der Waals surface area contributed by atoms with Crippen molar-refractivity contribution in [2.45, 2.75) is 32.9 Å². The molecule has 1 fully saturated rings. The number of nitrogens with one attached hydrogen (secondary N) is 1. The lowest BCUT2D eigenvalue weighted by Gasteiger charge is -2.19. The van der Waals surface area contributed by atoms with Crippen LogP contribution in [0.5, 0.6) is 0 Å². The molecule has 1 aromatic heterocycles. The predicted octanol–water partition coefficient (Wildman–Crippen LogP) is 1.72. The largest absolute Gasteiger partial charge is 0.393 e. The first kappa shape index (κ1) is 13.3. The summed E-state index contributed by atoms with van der Waals surface area (Å²) in [7, 11) is 0. The third kappa shape index (κ3) is 3.21. The second kappa shape index (κ2) is 6.16. The van der Waals surface area contributed by atoms with Crippen molar-refractivity contribution in [1.29, 1.82) is 0 Å². The molecule has 100 valence electrons. The second-order valence-corrected chi connectivity index (χ2v) is 5.07. The van der Waals surface area contributed by atoms with Gasteiger partial charge in [-0.25, -0.2) is 4.98 Å². The standard InChI is InChI=1S/C14H23N3O/c1-3-15-14-13(5-4-7-16-14)10-17-8-6-12(9-17)11(2)18/h4-5,7,11-12,18H,3,6,8-10H2,1-2H3,(H,15,16). The minimum absolute atomic E-state index is 0.197. The van der Waals surface area contributed by atoms with E-state index < -0.39 is 0 Å². The Morgan fingerprint density at radius 3 is 3.11 bits per heavy atom. The zero-order valence-corrected chi connectivity index (χ0v) is 11.3. The molecule has 1 aromatic rings. The van der Waals surface area contributed by atoms with Gasteiger partial charge >= 0.3 is 0 Å². The van der Waals surface area contributed by atoms with E-state index in [2.05, 4.69) is 28.2 Å². The van der Waals surface area contributed by atoms with Crippen molar-refractivity contribution in [2.75, 3.05) is 25.0 Å². The molecule has 0 aliphatic carbocycles. The normalized spacial score (nSPS) is 22.1. The number of pyridine rings is 1. The van der Waals surface area contributed by atoms with Gasteiger partial charge in [0, 0.05) is 31.4 Å². The minimum Gasteiger partial charge on any atom is -0.393 e. The Balaban J connectivity index is 1.98. The molecule has 4 heteroatoms. The van der Waals surface area contributed by atoms with Gasteiger partial charge in [-0.1, -0.05) is 6.07 Å². The molecule has 1 aliphatic heterocycles. The molecule has 1 saturated heterocycles. The third-order valence-electron chi connectivity index (χ3n) is 3.62. The van der Waals surface area contributed by atoms with Gasteiger partial charge in [0.05, 0.1) is 6.10 Å². The number of aliphatic hydroxyl groups excluding tert-OH is 1. The van der Waals surface area contributed by atoms with Crippen LogP contribution in [0.3, 0.4) is 0 Å². The zero-order valence-electron chi connectivity index (χ0n) is 11.3. The van der Waals surface area contributed by atoms with Crippen molar-refractivity contribution in [3.05, 3.63) is 23.9 Å². The maximum absolute atomic E-state index is 9.62. The molecule has 2 heterocycles. The fraction of sp³-hybridized carbons (Fsp3) is 0.643. The minimum atomic E-state index is -0.197. The van der Waals surface area contributed by atoms with Crippen LogP contribution in [0.4, 0.5) is 5.82 Å². The molecular formula is C14H23N3O. The van der Waals surface area contributed by atoms with Crippen LogP contribution in [0.25, 0.3) is 0 Å². The smallest absolute Gasteiger partial charge is 0.130 e. The SMILES string of the molecule is CCNc1ncccc1CN1CCC(C(C)O)C1. The lowest BCUT2D eigenvalue weighted by molar-refractivity contribution is 0.127. The van der Waals surface area contributed by atoms with Gasteiger partial charge in [0.15, 0.2) is 0 Å². The van der Waals surface area contributed by atoms with Gasteiger partial charge in [-0.2, -0.15) is 0 Å². The van der Waals surface area contributed by atoms with Crippen LogP contribution in [0.1, 0.15) is 25.8 Å². The third-order valence-corrected chi connectivity index (χ3v) is 3.62. The number of hydrogen-bond donors (Lipinski definition) is 2. The molecule has 4 nitrogen and oxygen atoms in total. The molecule has 2 N–H and O–H groups in total. The van der Waals surface area contributed by atoms with Crippen molar-refractivity contribution in [3.8, 4) is 0 Å². The van der Waals surface area contributed by atoms with Gasteiger partial charge < -0.3 is 10.4 Å². The van der Waals surface area contributed by atoms with Crippen LogP contribution in [0.2, 0.25) is 0 Å². The van der Waals surface area contributed by atoms with Crippen molar-refractivity contribution in [1.82, 2.24) is 9.88 Å². The number of likely N-dealkylation sites (tertiary alicyclic amines) is 1. The van der Waals surface area contributed by atoms with Crippen LogP contribution in [-0.4, -0.2) is 40.7 Å². The molecule has 2 unspecified atom stereocenters. The van der Waals surface area contributed by atoms with Crippen LogP contribution in [0.15, 0.2) is 18.3 Å². The van der Waals surface area contributed by atoms with Crippen LogP contribution >= 0.6 is 0 Å². The molecule has 0 radical (unpaired) electrons. The van der Waals surface area contributed by atoms with E-state index in [1.54, 1.807) is 0 Å². The number of nitrogens with zero attached hydrogens (tertiary/aromatic N) is 2. The maximum atomic E-state index is 9.62. The Morgan fingerprint density at radius 2 is 2.44 bits per heavy atom. The fourth-order valence-corrected chi connectivity index (χ4v) is 2.53. The highest BCUT2D eigenvalue weighted by Gasteiger charge is 2.26. The van der Waals surface area contributed by atoms with Crippen molar-refractivity contribution < 1.29 is 5.11 Å². The summed E-state index contributed by atoms with van der Waals surface area (Å²) in [6, 6.07) is 4.11. The molecule has 2 rings (SSSR count). The molecular weight excluding hydrogens is 226 g/mol. The highest BCUT2D eigenvalue weighted by molar-refractivity contribution is 5.43. The average Bonchev–Trinajstić information content (AvgIpc) is 2.81. The second-order valence-electron chi connectivity index (χ2n) is 5.07. The van der Waals surface area contributed by atoms with E-state index in [0.717, 1.165) is 38.4 Å². The van der Waals surface area contributed by atoms with Crippen molar-refractivity contribution in [3.63, 3.8) is 0 Å². The predicted molar refractivity (Wildman–Crippen MR) is 73.5 cm³/mol. The number of aromatic nitrogens is 1. The van der Waals surface area contributed by atoms with Crippen LogP contribution in [0, 0.1) is 5.92 Å². The average molecular weight is 249 g/mol. The van der Waals surface area contributed by atoms with Gasteiger partial charge in [-0.3, -0.25) is 4.90 Å². The van der Waals surface area contributed by atoms with Crippen molar-refractivity contribution in [2.24, 2.45) is 5.92 Å². The van der Waals surface area contributed by atoms with E-state index in [-0.39, 0.29) is 6.10 Å². The number of rotatable bonds is 5. The molecule has 0 bridgehead atoms. The van der Waals surface area contributed by atoms with E-state index in [1.165, 1.54) is 5.56 Å². The zero-order chi connectivity index (χ0) is 13.0. The van der Waals surface area contributed by atoms with Crippen LogP contribution < -0.4 is 5.32 Å². The lowest BCUT2D eigenvalue weighted by atomic mass is 10.0. The first-order valence-electron chi connectivity index (χ1n) is 6.79. The number of aliphatic hydroxyl groups is 1. The maximum Gasteiger partial charge on any atom is 0.130 e. The van der Waals surface area contributed by atoms with Gasteiger partial charge in [0.2, 0.25) is 0 Å². The van der Waals surface area contributed by atoms with E-state index >= 15 is 0 Å². The molecule has 2 atom stereocenters. The molecule has 0 amide bonds. The summed E-state index contributed by atoms with van der Waals surface area (Å²) in [4.78, 5) is 6.78. The van der Waals surface area contributed by atoms with Crippen molar-refractivity contribution >= 4 is 5.82 Å². The summed E-state index contributed by atoms with van der Waals surface area (Å²) in [5, 5.41) is 12.9. The van der Waals surface area contributed by atoms with Gasteiger partial charge in [0.25, 0.3) is 0 Å². The fourth-order valence-electron chi connectivity index (χ4n) is 2.53. The van der Waals surface area contributed by atoms with E-state index in [4.69, 9.17) is 0 Å². The summed E-state index contributed by atoms with van der Waals surface area (Å²) >= 11 is 0. The van der Waals surface area contributed by atoms with Gasteiger partial charge in [-0.15, -0.1) is 0 Å². The van der Waals surface area contributed by atoms with Crippen LogP contribution in [-0.2, 0) is 6.54 Å². The Kier molecular flexibility index (Phi) is 4.55. The topological polar surface area (TPSA) is 48.4 Å². The first-order valence-corrected chi connectivity index (χ1v) is 6.79. The summed E-state index contributed by atoms with van der Waals surface area (Å²) in [6.07, 6.45) is 2.72. The number of anilines is 1. The summed E-state index contributed by atoms with van der Waals surface area (Å²) in [5.74, 6) is 1.41. The molecule has 1 aliphatic rings. The molecule has 18 heavy (non-hydrogen) atoms. The first-order chi connectivity index (χ1) is 8.70. The number of hydrogen-bond acceptors (Lipinski definition) is 4.